The first-order valence-corrected chi connectivity index (χ1v) is 17.7. The number of nitrogens with one attached hydrogen (secondary N) is 1. The molecule has 4 aromatic rings. The van der Waals surface area contributed by atoms with Crippen LogP contribution in [0.1, 0.15) is 47.5 Å². The van der Waals surface area contributed by atoms with Gasteiger partial charge in [0.25, 0.3) is 0 Å². The number of esters is 1. The van der Waals surface area contributed by atoms with Crippen molar-refractivity contribution >= 4 is 63.9 Å². The average molecular weight is 701 g/mol. The van der Waals surface area contributed by atoms with Gasteiger partial charge in [-0.15, -0.1) is 0 Å². The largest absolute Gasteiger partial charge is 0.497 e. The fourth-order valence-electron chi connectivity index (χ4n) is 6.33. The third-order valence-corrected chi connectivity index (χ3v) is 11.3. The summed E-state index contributed by atoms with van der Waals surface area (Å²) in [6.07, 6.45) is 0. The van der Waals surface area contributed by atoms with Gasteiger partial charge in [0, 0.05) is 35.3 Å². The lowest BCUT2D eigenvalue weighted by Crippen LogP contribution is -2.33. The van der Waals surface area contributed by atoms with E-state index in [2.05, 4.69) is 24.1 Å². The second-order valence-electron chi connectivity index (χ2n) is 11.5. The highest BCUT2D eigenvalue weighted by Gasteiger charge is 2.56. The Morgan fingerprint density at radius 2 is 1.55 bits per heavy atom. The number of imide groups is 1. The van der Waals surface area contributed by atoms with Crippen molar-refractivity contribution in [3.63, 3.8) is 0 Å². The van der Waals surface area contributed by atoms with Gasteiger partial charge in [0.1, 0.15) is 17.5 Å². The minimum Gasteiger partial charge on any atom is -0.497 e. The van der Waals surface area contributed by atoms with E-state index in [1.165, 1.54) is 9.47 Å². The molecule has 1 saturated heterocycles. The molecule has 2 aliphatic rings. The molecule has 3 amide bonds. The molecule has 6 rings (SSSR count). The SMILES string of the molecule is CCOC(=O)c1ccc(NC(=O)Cn2c3c(sc2=O)[C@@H](c2ccc(N(CC)CC)cc2)[C@@H]2C(=O)N(c4ccc(OC)cc4)C(=O)[C@@H]2S3)cc1. The number of carbonyl (C=O) groups is 4. The molecule has 1 aromatic heterocycles. The molecule has 1 N–H and O–H groups in total. The summed E-state index contributed by atoms with van der Waals surface area (Å²) in [6, 6.07) is 21.0. The van der Waals surface area contributed by atoms with Crippen molar-refractivity contribution in [2.75, 3.05) is 41.9 Å². The van der Waals surface area contributed by atoms with Gasteiger partial charge in [-0.25, -0.2) is 9.69 Å². The minimum absolute atomic E-state index is 0.248. The topological polar surface area (TPSA) is 127 Å². The smallest absolute Gasteiger partial charge is 0.338 e. The second-order valence-corrected chi connectivity index (χ2v) is 13.6. The van der Waals surface area contributed by atoms with Gasteiger partial charge in [-0.05, 0) is 87.0 Å². The van der Waals surface area contributed by atoms with Gasteiger partial charge in [0.2, 0.25) is 17.7 Å². The van der Waals surface area contributed by atoms with E-state index in [1.54, 1.807) is 62.6 Å². The van der Waals surface area contributed by atoms with Crippen LogP contribution in [0.5, 0.6) is 5.75 Å². The molecule has 0 spiro atoms. The van der Waals surface area contributed by atoms with Crippen LogP contribution in [0.25, 0.3) is 0 Å². The maximum atomic E-state index is 14.2. The highest BCUT2D eigenvalue weighted by atomic mass is 32.2. The summed E-state index contributed by atoms with van der Waals surface area (Å²) < 4.78 is 11.7. The number of thiazole rings is 1. The fourth-order valence-corrected chi connectivity index (χ4v) is 9.10. The van der Waals surface area contributed by atoms with Gasteiger partial charge < -0.3 is 19.7 Å². The zero-order valence-electron chi connectivity index (χ0n) is 27.5. The molecule has 11 nitrogen and oxygen atoms in total. The van der Waals surface area contributed by atoms with Crippen LogP contribution in [0.4, 0.5) is 17.1 Å². The van der Waals surface area contributed by atoms with E-state index in [1.807, 2.05) is 24.3 Å². The Bertz CT molecular complexity index is 1930. The molecule has 0 saturated carbocycles. The summed E-state index contributed by atoms with van der Waals surface area (Å²) in [5.41, 5.74) is 3.08. The zero-order valence-corrected chi connectivity index (χ0v) is 29.1. The number of benzene rings is 3. The van der Waals surface area contributed by atoms with Gasteiger partial charge in [-0.3, -0.25) is 23.7 Å². The van der Waals surface area contributed by atoms with Crippen molar-refractivity contribution in [1.82, 2.24) is 4.57 Å². The van der Waals surface area contributed by atoms with Crippen molar-refractivity contribution < 1.29 is 28.7 Å². The number of rotatable bonds is 11. The normalized spacial score (nSPS) is 18.1. The number of anilines is 3. The van der Waals surface area contributed by atoms with Crippen molar-refractivity contribution in [2.24, 2.45) is 5.92 Å². The van der Waals surface area contributed by atoms with Crippen molar-refractivity contribution in [3.05, 3.63) is 98.5 Å². The lowest BCUT2D eigenvalue weighted by Gasteiger charge is -2.31. The van der Waals surface area contributed by atoms with Crippen molar-refractivity contribution in [1.29, 1.82) is 0 Å². The van der Waals surface area contributed by atoms with E-state index in [9.17, 15) is 24.0 Å². The van der Waals surface area contributed by atoms with Crippen LogP contribution in [0.15, 0.2) is 82.6 Å². The van der Waals surface area contributed by atoms with Gasteiger partial charge >= 0.3 is 10.8 Å². The summed E-state index contributed by atoms with van der Waals surface area (Å²) in [5.74, 6) is -2.38. The molecule has 1 fully saturated rings. The number of ether oxygens (including phenoxy) is 2. The Balaban J connectivity index is 1.35. The van der Waals surface area contributed by atoms with Crippen LogP contribution < -0.4 is 24.7 Å². The third kappa shape index (κ3) is 6.47. The first-order valence-electron chi connectivity index (χ1n) is 16.0. The standard InChI is InChI=1S/C36H36N4O7S2/c1-5-38(6-2)24-14-10-21(11-15-24)28-29-30(33(43)40(32(29)42)25-16-18-26(46-4)19-17-25)48-34-31(28)49-36(45)39(34)20-27(41)37-23-12-8-22(9-13-23)35(44)47-7-3/h8-19,28-30H,5-7,20H2,1-4H3,(H,37,41)/t28-,29-,30+/m0/s1. The number of nitrogens with zero attached hydrogens (tertiary/aromatic N) is 3. The maximum Gasteiger partial charge on any atom is 0.338 e. The van der Waals surface area contributed by atoms with E-state index in [-0.39, 0.29) is 29.8 Å². The Morgan fingerprint density at radius 3 is 2.16 bits per heavy atom. The van der Waals surface area contributed by atoms with Crippen molar-refractivity contribution in [2.45, 2.75) is 43.5 Å². The lowest BCUT2D eigenvalue weighted by atomic mass is 9.83. The molecular weight excluding hydrogens is 665 g/mol. The number of hydrogen-bond acceptors (Lipinski definition) is 10. The first kappa shape index (κ1) is 34.0. The average Bonchev–Trinajstić information content (AvgIpc) is 3.55. The first-order chi connectivity index (χ1) is 23.7. The summed E-state index contributed by atoms with van der Waals surface area (Å²) >= 11 is 2.16. The van der Waals surface area contributed by atoms with Crippen LogP contribution in [0.2, 0.25) is 0 Å². The molecule has 0 aliphatic carbocycles. The summed E-state index contributed by atoms with van der Waals surface area (Å²) in [5, 5.41) is 2.47. The molecule has 3 atom stereocenters. The summed E-state index contributed by atoms with van der Waals surface area (Å²) in [6.45, 7) is 7.49. The van der Waals surface area contributed by atoms with Gasteiger partial charge in [-0.1, -0.05) is 35.2 Å². The van der Waals surface area contributed by atoms with Crippen LogP contribution >= 0.6 is 23.1 Å². The predicted molar refractivity (Wildman–Crippen MR) is 190 cm³/mol. The lowest BCUT2D eigenvalue weighted by molar-refractivity contribution is -0.122. The molecule has 0 radical (unpaired) electrons. The number of thioether (sulfide) groups is 1. The van der Waals surface area contributed by atoms with Crippen LogP contribution in [0, 0.1) is 5.92 Å². The van der Waals surface area contributed by atoms with Crippen LogP contribution in [-0.4, -0.2) is 60.3 Å². The molecule has 3 heterocycles. The number of fused-ring (bicyclic) bond motifs is 2. The predicted octanol–water partition coefficient (Wildman–Crippen LogP) is 5.38. The molecule has 49 heavy (non-hydrogen) atoms. The molecule has 13 heteroatoms. The highest BCUT2D eigenvalue weighted by Crippen LogP contribution is 2.54. The van der Waals surface area contributed by atoms with Crippen LogP contribution in [-0.2, 0) is 25.7 Å². The highest BCUT2D eigenvalue weighted by molar-refractivity contribution is 8.00. The van der Waals surface area contributed by atoms with E-state index >= 15 is 0 Å². The number of aromatic nitrogens is 1. The summed E-state index contributed by atoms with van der Waals surface area (Å²) in [4.78, 5) is 70.8. The summed E-state index contributed by atoms with van der Waals surface area (Å²) in [7, 11) is 1.54. The molecule has 0 bridgehead atoms. The monoisotopic (exact) mass is 700 g/mol. The van der Waals surface area contributed by atoms with Crippen molar-refractivity contribution in [3.8, 4) is 5.75 Å². The minimum atomic E-state index is -0.812. The number of carbonyl (C=O) groups excluding carboxylic acids is 4. The zero-order chi connectivity index (χ0) is 34.8. The quantitative estimate of drug-likeness (QED) is 0.162. The third-order valence-electron chi connectivity index (χ3n) is 8.74. The Kier molecular flexibility index (Phi) is 9.93. The van der Waals surface area contributed by atoms with E-state index in [0.29, 0.717) is 32.6 Å². The number of methoxy groups -OCH3 is 1. The number of amides is 3. The van der Waals surface area contributed by atoms with Gasteiger partial charge in [0.15, 0.2) is 0 Å². The van der Waals surface area contributed by atoms with Gasteiger partial charge in [0.05, 0.1) is 35.9 Å². The van der Waals surface area contributed by atoms with E-state index < -0.39 is 29.0 Å². The molecule has 3 aromatic carbocycles. The molecular formula is C36H36N4O7S2. The van der Waals surface area contributed by atoms with Gasteiger partial charge in [-0.2, -0.15) is 0 Å². The van der Waals surface area contributed by atoms with Crippen LogP contribution in [0.3, 0.4) is 0 Å². The Hall–Kier alpha value is -4.88. The fraction of sp³-hybridized carbons (Fsp3) is 0.306. The number of hydrogen-bond donors (Lipinski definition) is 1. The molecule has 2 aliphatic heterocycles. The van der Waals surface area contributed by atoms with E-state index in [4.69, 9.17) is 9.47 Å². The molecule has 254 valence electrons. The molecule has 0 unspecified atom stereocenters. The maximum absolute atomic E-state index is 14.2. The Morgan fingerprint density at radius 1 is 0.878 bits per heavy atom. The Labute approximate surface area is 291 Å². The van der Waals surface area contributed by atoms with E-state index in [0.717, 1.165) is 47.4 Å². The second kappa shape index (κ2) is 14.3.